The molecule has 0 radical (unpaired) electrons. The average molecular weight is 253 g/mol. The first-order valence-electron chi connectivity index (χ1n) is 5.75. The monoisotopic (exact) mass is 253 g/mol. The molecular weight excluding hydrogens is 234 g/mol. The van der Waals surface area contributed by atoms with E-state index >= 15 is 0 Å². The Labute approximate surface area is 107 Å². The third kappa shape index (κ3) is 3.92. The van der Waals surface area contributed by atoms with Gasteiger partial charge < -0.3 is 19.9 Å². The van der Waals surface area contributed by atoms with Crippen LogP contribution >= 0.6 is 0 Å². The van der Waals surface area contributed by atoms with Crippen molar-refractivity contribution in [2.75, 3.05) is 20.8 Å². The number of nitrogens with one attached hydrogen (secondary N) is 1. The van der Waals surface area contributed by atoms with E-state index in [2.05, 4.69) is 10.1 Å². The number of methoxy groups -OCH3 is 2. The Bertz CT molecular complexity index is 406. The molecule has 0 aliphatic heterocycles. The summed E-state index contributed by atoms with van der Waals surface area (Å²) >= 11 is 0. The predicted octanol–water partition coefficient (Wildman–Crippen LogP) is 1.61. The predicted molar refractivity (Wildman–Crippen MR) is 67.7 cm³/mol. The fraction of sp³-hybridized carbons (Fsp3) is 0.462. The number of esters is 1. The van der Waals surface area contributed by atoms with Crippen LogP contribution in [0.3, 0.4) is 0 Å². The largest absolute Gasteiger partial charge is 0.507 e. The second-order valence-electron chi connectivity index (χ2n) is 3.93. The van der Waals surface area contributed by atoms with Gasteiger partial charge in [0.15, 0.2) is 0 Å². The van der Waals surface area contributed by atoms with Crippen molar-refractivity contribution < 1.29 is 19.4 Å². The number of phenols is 1. The summed E-state index contributed by atoms with van der Waals surface area (Å²) in [7, 11) is 2.91. The summed E-state index contributed by atoms with van der Waals surface area (Å²) in [6, 6.07) is 5.09. The van der Waals surface area contributed by atoms with Crippen molar-refractivity contribution in [1.82, 2.24) is 5.32 Å². The lowest BCUT2D eigenvalue weighted by Crippen LogP contribution is -2.22. The molecule has 100 valence electrons. The fourth-order valence-corrected chi connectivity index (χ4v) is 1.62. The molecule has 1 rings (SSSR count). The van der Waals surface area contributed by atoms with E-state index in [1.54, 1.807) is 25.3 Å². The zero-order valence-electron chi connectivity index (χ0n) is 10.9. The van der Waals surface area contributed by atoms with Crippen molar-refractivity contribution in [1.29, 1.82) is 0 Å². The highest BCUT2D eigenvalue weighted by Crippen LogP contribution is 2.28. The van der Waals surface area contributed by atoms with Gasteiger partial charge in [0.25, 0.3) is 0 Å². The molecule has 0 spiro atoms. The van der Waals surface area contributed by atoms with Gasteiger partial charge in [0.05, 0.1) is 20.6 Å². The summed E-state index contributed by atoms with van der Waals surface area (Å²) in [6.07, 6.45) is 0.303. The number of aromatic hydroxyl groups is 1. The summed E-state index contributed by atoms with van der Waals surface area (Å²) in [5, 5.41) is 13.0. The van der Waals surface area contributed by atoms with Crippen LogP contribution in [0.5, 0.6) is 11.5 Å². The topological polar surface area (TPSA) is 67.8 Å². The number of phenolic OH excluding ortho intramolecular Hbond substituents is 1. The summed E-state index contributed by atoms with van der Waals surface area (Å²) in [4.78, 5) is 11.0. The van der Waals surface area contributed by atoms with Gasteiger partial charge >= 0.3 is 5.97 Å². The molecule has 18 heavy (non-hydrogen) atoms. The molecule has 1 aromatic carbocycles. The van der Waals surface area contributed by atoms with Crippen molar-refractivity contribution in [2.24, 2.45) is 0 Å². The van der Waals surface area contributed by atoms with Crippen LogP contribution in [0, 0.1) is 0 Å². The van der Waals surface area contributed by atoms with Gasteiger partial charge in [0, 0.05) is 24.2 Å². The number of carbonyl (C=O) groups is 1. The molecule has 0 aliphatic rings. The minimum absolute atomic E-state index is 0.0550. The Morgan fingerprint density at radius 1 is 1.44 bits per heavy atom. The van der Waals surface area contributed by atoms with E-state index in [0.29, 0.717) is 18.7 Å². The van der Waals surface area contributed by atoms with Crippen LogP contribution in [-0.2, 0) is 9.53 Å². The molecule has 0 amide bonds. The third-order valence-corrected chi connectivity index (χ3v) is 2.71. The van der Waals surface area contributed by atoms with Crippen LogP contribution in [0.25, 0.3) is 0 Å². The highest BCUT2D eigenvalue weighted by atomic mass is 16.5. The van der Waals surface area contributed by atoms with Crippen LogP contribution in [0.4, 0.5) is 0 Å². The summed E-state index contributed by atoms with van der Waals surface area (Å²) in [6.45, 7) is 2.41. The molecule has 0 saturated heterocycles. The number of hydrogen-bond acceptors (Lipinski definition) is 5. The molecule has 1 unspecified atom stereocenters. The minimum atomic E-state index is -0.256. The van der Waals surface area contributed by atoms with E-state index in [1.807, 2.05) is 6.92 Å². The van der Waals surface area contributed by atoms with Gasteiger partial charge in [-0.3, -0.25) is 4.79 Å². The first-order chi connectivity index (χ1) is 8.58. The Kier molecular flexibility index (Phi) is 5.45. The Morgan fingerprint density at radius 2 is 2.17 bits per heavy atom. The molecular formula is C13H19NO4. The molecule has 0 bridgehead atoms. The highest BCUT2D eigenvalue weighted by molar-refractivity contribution is 5.69. The van der Waals surface area contributed by atoms with Crippen LogP contribution in [0.15, 0.2) is 18.2 Å². The average Bonchev–Trinajstić information content (AvgIpc) is 2.37. The summed E-state index contributed by atoms with van der Waals surface area (Å²) < 4.78 is 9.56. The maximum Gasteiger partial charge on any atom is 0.306 e. The Hall–Kier alpha value is -1.75. The molecule has 5 heteroatoms. The van der Waals surface area contributed by atoms with E-state index in [4.69, 9.17) is 4.74 Å². The van der Waals surface area contributed by atoms with Gasteiger partial charge in [0.2, 0.25) is 0 Å². The maximum absolute atomic E-state index is 11.0. The van der Waals surface area contributed by atoms with Gasteiger partial charge in [0.1, 0.15) is 11.5 Å². The van der Waals surface area contributed by atoms with Gasteiger partial charge in [-0.25, -0.2) is 0 Å². The molecule has 1 aromatic rings. The first-order valence-corrected chi connectivity index (χ1v) is 5.75. The molecule has 0 aliphatic carbocycles. The van der Waals surface area contributed by atoms with Crippen molar-refractivity contribution in [3.63, 3.8) is 0 Å². The van der Waals surface area contributed by atoms with Crippen LogP contribution < -0.4 is 10.1 Å². The highest BCUT2D eigenvalue weighted by Gasteiger charge is 2.11. The molecule has 0 fully saturated rings. The number of carbonyl (C=O) groups excluding carboxylic acids is 1. The summed E-state index contributed by atoms with van der Waals surface area (Å²) in [5.41, 5.74) is 0.765. The van der Waals surface area contributed by atoms with Crippen molar-refractivity contribution in [2.45, 2.75) is 19.4 Å². The first kappa shape index (κ1) is 14.3. The van der Waals surface area contributed by atoms with Gasteiger partial charge in [-0.2, -0.15) is 0 Å². The van der Waals surface area contributed by atoms with Crippen LogP contribution in [0.2, 0.25) is 0 Å². The lowest BCUT2D eigenvalue weighted by Gasteiger charge is -2.15. The minimum Gasteiger partial charge on any atom is -0.507 e. The molecule has 0 saturated carbocycles. The fourth-order valence-electron chi connectivity index (χ4n) is 1.62. The summed E-state index contributed by atoms with van der Waals surface area (Å²) in [5.74, 6) is 0.527. The van der Waals surface area contributed by atoms with E-state index in [-0.39, 0.29) is 17.8 Å². The van der Waals surface area contributed by atoms with Crippen molar-refractivity contribution in [3.8, 4) is 11.5 Å². The van der Waals surface area contributed by atoms with Gasteiger partial charge in [-0.1, -0.05) is 6.07 Å². The second-order valence-corrected chi connectivity index (χ2v) is 3.93. The molecule has 0 aromatic heterocycles. The molecule has 1 atom stereocenters. The number of benzene rings is 1. The van der Waals surface area contributed by atoms with Crippen LogP contribution in [-0.4, -0.2) is 31.8 Å². The van der Waals surface area contributed by atoms with Crippen LogP contribution in [0.1, 0.15) is 24.9 Å². The van der Waals surface area contributed by atoms with E-state index in [0.717, 1.165) is 5.56 Å². The molecule has 0 heterocycles. The SMILES string of the molecule is COC(=O)CCNC(C)c1ccc(OC)cc1O. The molecule has 5 nitrogen and oxygen atoms in total. The van der Waals surface area contributed by atoms with Gasteiger partial charge in [-0.15, -0.1) is 0 Å². The maximum atomic E-state index is 11.0. The van der Waals surface area contributed by atoms with Crippen molar-refractivity contribution in [3.05, 3.63) is 23.8 Å². The van der Waals surface area contributed by atoms with Crippen molar-refractivity contribution >= 4 is 5.97 Å². The number of hydrogen-bond donors (Lipinski definition) is 2. The van der Waals surface area contributed by atoms with E-state index < -0.39 is 0 Å². The van der Waals surface area contributed by atoms with Gasteiger partial charge in [-0.05, 0) is 13.0 Å². The second kappa shape index (κ2) is 6.86. The van der Waals surface area contributed by atoms with E-state index in [1.165, 1.54) is 7.11 Å². The molecule has 2 N–H and O–H groups in total. The number of rotatable bonds is 6. The smallest absolute Gasteiger partial charge is 0.306 e. The quantitative estimate of drug-likeness (QED) is 0.754. The lowest BCUT2D eigenvalue weighted by molar-refractivity contribution is -0.140. The standard InChI is InChI=1S/C13H19NO4/c1-9(14-7-6-13(16)18-3)11-5-4-10(17-2)8-12(11)15/h4-5,8-9,14-15H,6-7H2,1-3H3. The third-order valence-electron chi connectivity index (χ3n) is 2.71. The zero-order valence-corrected chi connectivity index (χ0v) is 10.9. The normalized spacial score (nSPS) is 11.9. The Morgan fingerprint density at radius 3 is 2.72 bits per heavy atom. The lowest BCUT2D eigenvalue weighted by atomic mass is 10.1. The Balaban J connectivity index is 2.56. The van der Waals surface area contributed by atoms with E-state index in [9.17, 15) is 9.90 Å². The number of ether oxygens (including phenoxy) is 2. The zero-order chi connectivity index (χ0) is 13.5.